The van der Waals surface area contributed by atoms with Crippen LogP contribution in [0.3, 0.4) is 0 Å². The molecule has 0 aliphatic heterocycles. The molecule has 0 amide bonds. The van der Waals surface area contributed by atoms with Crippen molar-refractivity contribution in [2.45, 2.75) is 63.2 Å². The van der Waals surface area contributed by atoms with Gasteiger partial charge in [-0.1, -0.05) is 56.2 Å². The van der Waals surface area contributed by atoms with Gasteiger partial charge in [0, 0.05) is 0 Å². The van der Waals surface area contributed by atoms with Crippen LogP contribution in [-0.4, -0.2) is 6.17 Å². The Kier molecular flexibility index (Phi) is 4.99. The predicted octanol–water partition coefficient (Wildman–Crippen LogP) is 6.39. The lowest BCUT2D eigenvalue weighted by Gasteiger charge is -2.30. The van der Waals surface area contributed by atoms with Gasteiger partial charge in [-0.05, 0) is 60.8 Å². The van der Waals surface area contributed by atoms with Gasteiger partial charge in [-0.25, -0.2) is 8.78 Å². The molecule has 1 aromatic rings. The maximum atomic E-state index is 14.9. The quantitative estimate of drug-likeness (QED) is 0.604. The van der Waals surface area contributed by atoms with Crippen LogP contribution in [0, 0.1) is 5.92 Å². The fourth-order valence-corrected chi connectivity index (χ4v) is 4.05. The topological polar surface area (TPSA) is 0 Å². The molecule has 1 saturated carbocycles. The van der Waals surface area contributed by atoms with Crippen molar-refractivity contribution in [3.8, 4) is 0 Å². The SMILES string of the molecule is CCC[C@H]1CC[C@H](c2ccc(C3(F)C=CC=CC3F)cc2)CC1. The van der Waals surface area contributed by atoms with Crippen molar-refractivity contribution < 1.29 is 8.78 Å². The van der Waals surface area contributed by atoms with E-state index in [2.05, 4.69) is 6.92 Å². The molecule has 2 aliphatic carbocycles. The molecule has 0 aromatic heterocycles. The Morgan fingerprint density at radius 1 is 1.04 bits per heavy atom. The van der Waals surface area contributed by atoms with Gasteiger partial charge in [-0.3, -0.25) is 0 Å². The van der Waals surface area contributed by atoms with E-state index in [0.717, 1.165) is 5.92 Å². The largest absolute Gasteiger partial charge is 0.239 e. The Hall–Kier alpha value is -1.44. The molecular formula is C21H26F2. The molecule has 2 unspecified atom stereocenters. The summed E-state index contributed by atoms with van der Waals surface area (Å²) < 4.78 is 28.9. The van der Waals surface area contributed by atoms with Crippen LogP contribution in [0.4, 0.5) is 8.78 Å². The highest BCUT2D eigenvalue weighted by molar-refractivity contribution is 5.37. The summed E-state index contributed by atoms with van der Waals surface area (Å²) in [5, 5.41) is 0. The van der Waals surface area contributed by atoms with E-state index < -0.39 is 11.8 Å². The van der Waals surface area contributed by atoms with Crippen molar-refractivity contribution in [2.75, 3.05) is 0 Å². The highest BCUT2D eigenvalue weighted by atomic mass is 19.2. The third-order valence-electron chi connectivity index (χ3n) is 5.50. The zero-order chi connectivity index (χ0) is 16.3. The van der Waals surface area contributed by atoms with Gasteiger partial charge in [0.2, 0.25) is 0 Å². The van der Waals surface area contributed by atoms with E-state index in [9.17, 15) is 8.78 Å². The van der Waals surface area contributed by atoms with Crippen molar-refractivity contribution in [1.82, 2.24) is 0 Å². The standard InChI is InChI=1S/C21H26F2/c1-2-5-16-7-9-17(10-8-16)18-11-13-19(14-12-18)21(23)15-4-3-6-20(21)22/h3-4,6,11-17,20H,2,5,7-10H2,1H3/t16-,17-,20?,21?. The van der Waals surface area contributed by atoms with Crippen molar-refractivity contribution >= 4 is 0 Å². The molecule has 0 heterocycles. The Balaban J connectivity index is 1.68. The fourth-order valence-electron chi connectivity index (χ4n) is 4.05. The molecule has 124 valence electrons. The normalized spacial score (nSPS) is 33.8. The summed E-state index contributed by atoms with van der Waals surface area (Å²) in [6.07, 6.45) is 11.8. The van der Waals surface area contributed by atoms with Gasteiger partial charge in [-0.2, -0.15) is 0 Å². The second-order valence-electron chi connectivity index (χ2n) is 7.04. The summed E-state index contributed by atoms with van der Waals surface area (Å²) in [5.41, 5.74) is -0.335. The first-order chi connectivity index (χ1) is 11.1. The maximum Gasteiger partial charge on any atom is 0.189 e. The lowest BCUT2D eigenvalue weighted by atomic mass is 9.77. The van der Waals surface area contributed by atoms with E-state index in [1.54, 1.807) is 24.3 Å². The molecule has 23 heavy (non-hydrogen) atoms. The van der Waals surface area contributed by atoms with Gasteiger partial charge in [0.25, 0.3) is 0 Å². The van der Waals surface area contributed by atoms with Gasteiger partial charge in [0.15, 0.2) is 11.8 Å². The molecule has 0 saturated heterocycles. The lowest BCUT2D eigenvalue weighted by Crippen LogP contribution is -2.30. The Labute approximate surface area is 138 Å². The Bertz CT molecular complexity index is 564. The second kappa shape index (κ2) is 6.98. The van der Waals surface area contributed by atoms with Gasteiger partial charge in [0.1, 0.15) is 0 Å². The number of hydrogen-bond acceptors (Lipinski definition) is 0. The molecule has 1 fully saturated rings. The van der Waals surface area contributed by atoms with Crippen LogP contribution in [0.25, 0.3) is 0 Å². The highest BCUT2D eigenvalue weighted by Gasteiger charge is 2.38. The molecule has 2 heteroatoms. The van der Waals surface area contributed by atoms with Gasteiger partial charge in [-0.15, -0.1) is 0 Å². The molecule has 1 aromatic carbocycles. The van der Waals surface area contributed by atoms with E-state index in [-0.39, 0.29) is 0 Å². The third kappa shape index (κ3) is 3.41. The predicted molar refractivity (Wildman–Crippen MR) is 92.0 cm³/mol. The molecule has 2 atom stereocenters. The van der Waals surface area contributed by atoms with Crippen LogP contribution in [0.2, 0.25) is 0 Å². The first-order valence-electron chi connectivity index (χ1n) is 8.93. The second-order valence-corrected chi connectivity index (χ2v) is 7.04. The van der Waals surface area contributed by atoms with Gasteiger partial charge < -0.3 is 0 Å². The monoisotopic (exact) mass is 316 g/mol. The van der Waals surface area contributed by atoms with Crippen LogP contribution in [0.15, 0.2) is 48.6 Å². The van der Waals surface area contributed by atoms with E-state index >= 15 is 0 Å². The number of allylic oxidation sites excluding steroid dienone is 4. The van der Waals surface area contributed by atoms with Crippen LogP contribution in [0.1, 0.15) is 62.5 Å². The number of rotatable bonds is 4. The fraction of sp³-hybridized carbons (Fsp3) is 0.524. The average Bonchev–Trinajstić information content (AvgIpc) is 2.59. The van der Waals surface area contributed by atoms with Crippen LogP contribution in [-0.2, 0) is 5.67 Å². The zero-order valence-corrected chi connectivity index (χ0v) is 13.8. The van der Waals surface area contributed by atoms with Gasteiger partial charge in [0.05, 0.1) is 0 Å². The van der Waals surface area contributed by atoms with E-state index in [0.29, 0.717) is 11.5 Å². The maximum absolute atomic E-state index is 14.9. The molecule has 3 rings (SSSR count). The van der Waals surface area contributed by atoms with Crippen LogP contribution >= 0.6 is 0 Å². The number of halogens is 2. The van der Waals surface area contributed by atoms with Crippen LogP contribution < -0.4 is 0 Å². The smallest absolute Gasteiger partial charge is 0.189 e. The molecule has 0 nitrogen and oxygen atoms in total. The first-order valence-corrected chi connectivity index (χ1v) is 8.93. The summed E-state index contributed by atoms with van der Waals surface area (Å²) in [6, 6.07) is 7.54. The van der Waals surface area contributed by atoms with Crippen molar-refractivity contribution in [3.05, 3.63) is 59.7 Å². The van der Waals surface area contributed by atoms with Crippen LogP contribution in [0.5, 0.6) is 0 Å². The van der Waals surface area contributed by atoms with Crippen molar-refractivity contribution in [3.63, 3.8) is 0 Å². The zero-order valence-electron chi connectivity index (χ0n) is 13.8. The molecule has 0 radical (unpaired) electrons. The summed E-state index contributed by atoms with van der Waals surface area (Å²) in [7, 11) is 0. The highest BCUT2D eigenvalue weighted by Crippen LogP contribution is 2.40. The van der Waals surface area contributed by atoms with E-state index in [1.165, 1.54) is 56.2 Å². The van der Waals surface area contributed by atoms with Crippen molar-refractivity contribution in [2.24, 2.45) is 5.92 Å². The number of alkyl halides is 2. The van der Waals surface area contributed by atoms with Gasteiger partial charge >= 0.3 is 0 Å². The summed E-state index contributed by atoms with van der Waals surface area (Å²) in [4.78, 5) is 0. The first kappa shape index (κ1) is 16.4. The summed E-state index contributed by atoms with van der Waals surface area (Å²) >= 11 is 0. The van der Waals surface area contributed by atoms with E-state index in [4.69, 9.17) is 0 Å². The Morgan fingerprint density at radius 2 is 1.74 bits per heavy atom. The third-order valence-corrected chi connectivity index (χ3v) is 5.50. The molecular weight excluding hydrogens is 290 g/mol. The summed E-state index contributed by atoms with van der Waals surface area (Å²) in [6.45, 7) is 2.25. The minimum atomic E-state index is -2.02. The minimum absolute atomic E-state index is 0.411. The molecule has 0 N–H and O–H groups in total. The number of benzene rings is 1. The Morgan fingerprint density at radius 3 is 2.35 bits per heavy atom. The molecule has 0 bridgehead atoms. The number of hydrogen-bond donors (Lipinski definition) is 0. The average molecular weight is 316 g/mol. The van der Waals surface area contributed by atoms with E-state index in [1.807, 2.05) is 12.1 Å². The minimum Gasteiger partial charge on any atom is -0.239 e. The lowest BCUT2D eigenvalue weighted by molar-refractivity contribution is 0.124. The molecule has 0 spiro atoms. The summed E-state index contributed by atoms with van der Waals surface area (Å²) in [5.74, 6) is 1.46. The van der Waals surface area contributed by atoms with Crippen molar-refractivity contribution in [1.29, 1.82) is 0 Å². The molecule has 2 aliphatic rings.